The molecule has 0 aliphatic carbocycles. The van der Waals surface area contributed by atoms with Crippen LogP contribution < -0.4 is 29.2 Å². The summed E-state index contributed by atoms with van der Waals surface area (Å²) in [7, 11) is 6.09. The Bertz CT molecular complexity index is 934. The summed E-state index contributed by atoms with van der Waals surface area (Å²) in [6, 6.07) is 8.93. The highest BCUT2D eigenvalue weighted by Crippen LogP contribution is 2.42. The lowest BCUT2D eigenvalue weighted by Crippen LogP contribution is -2.28. The van der Waals surface area contributed by atoms with Crippen molar-refractivity contribution in [1.29, 1.82) is 0 Å². The van der Waals surface area contributed by atoms with Crippen LogP contribution in [0.5, 0.6) is 23.0 Å². The first kappa shape index (κ1) is 21.3. The fourth-order valence-corrected chi connectivity index (χ4v) is 3.51. The first-order valence-corrected chi connectivity index (χ1v) is 9.47. The van der Waals surface area contributed by atoms with Gasteiger partial charge in [0, 0.05) is 25.1 Å². The van der Waals surface area contributed by atoms with Crippen LogP contribution in [-0.4, -0.2) is 46.8 Å². The van der Waals surface area contributed by atoms with Gasteiger partial charge in [0.15, 0.2) is 11.5 Å². The van der Waals surface area contributed by atoms with E-state index in [-0.39, 0.29) is 24.8 Å². The Morgan fingerprint density at radius 1 is 0.967 bits per heavy atom. The number of ether oxygens (including phenoxy) is 4. The van der Waals surface area contributed by atoms with Crippen molar-refractivity contribution in [2.45, 2.75) is 13.3 Å². The minimum atomic E-state index is -0.498. The van der Waals surface area contributed by atoms with E-state index < -0.39 is 5.92 Å². The van der Waals surface area contributed by atoms with Crippen molar-refractivity contribution in [3.05, 3.63) is 35.9 Å². The number of aryl methyl sites for hydroxylation is 1. The van der Waals surface area contributed by atoms with Crippen molar-refractivity contribution < 1.29 is 28.5 Å². The van der Waals surface area contributed by atoms with Crippen LogP contribution in [-0.2, 0) is 9.59 Å². The number of carbonyl (C=O) groups excluding carboxylic acids is 2. The fraction of sp³-hybridized carbons (Fsp3) is 0.364. The van der Waals surface area contributed by atoms with Crippen molar-refractivity contribution in [3.8, 4) is 23.0 Å². The van der Waals surface area contributed by atoms with E-state index in [0.717, 1.165) is 5.56 Å². The lowest BCUT2D eigenvalue weighted by molar-refractivity contribution is -0.122. The molecule has 1 aliphatic rings. The number of anilines is 2. The molecule has 1 heterocycles. The van der Waals surface area contributed by atoms with E-state index in [0.29, 0.717) is 34.4 Å². The van der Waals surface area contributed by atoms with Gasteiger partial charge in [-0.2, -0.15) is 0 Å². The zero-order chi connectivity index (χ0) is 21.8. The van der Waals surface area contributed by atoms with Crippen LogP contribution in [0.15, 0.2) is 30.3 Å². The summed E-state index contributed by atoms with van der Waals surface area (Å²) in [6.45, 7) is 2.18. The van der Waals surface area contributed by atoms with Crippen LogP contribution in [0.4, 0.5) is 11.4 Å². The Labute approximate surface area is 175 Å². The molecule has 1 saturated heterocycles. The second-order valence-electron chi connectivity index (χ2n) is 6.98. The van der Waals surface area contributed by atoms with Gasteiger partial charge in [-0.05, 0) is 24.6 Å². The van der Waals surface area contributed by atoms with E-state index in [2.05, 4.69) is 5.32 Å². The van der Waals surface area contributed by atoms with Crippen LogP contribution >= 0.6 is 0 Å². The van der Waals surface area contributed by atoms with E-state index in [1.807, 2.05) is 19.1 Å². The fourth-order valence-electron chi connectivity index (χ4n) is 3.51. The summed E-state index contributed by atoms with van der Waals surface area (Å²) in [5.74, 6) is 1.01. The quantitative estimate of drug-likeness (QED) is 0.750. The van der Waals surface area contributed by atoms with E-state index >= 15 is 0 Å². The maximum Gasteiger partial charge on any atom is 0.229 e. The van der Waals surface area contributed by atoms with Crippen molar-refractivity contribution in [3.63, 3.8) is 0 Å². The van der Waals surface area contributed by atoms with Gasteiger partial charge in [0.2, 0.25) is 17.6 Å². The van der Waals surface area contributed by atoms with Gasteiger partial charge in [-0.1, -0.05) is 6.07 Å². The predicted octanol–water partition coefficient (Wildman–Crippen LogP) is 3.02. The molecule has 2 amide bonds. The predicted molar refractivity (Wildman–Crippen MR) is 113 cm³/mol. The number of carbonyl (C=O) groups is 2. The van der Waals surface area contributed by atoms with Gasteiger partial charge in [-0.25, -0.2) is 0 Å². The molecule has 0 spiro atoms. The van der Waals surface area contributed by atoms with Crippen LogP contribution in [0.2, 0.25) is 0 Å². The molecular weight excluding hydrogens is 388 g/mol. The summed E-state index contributed by atoms with van der Waals surface area (Å²) in [5.41, 5.74) is 2.16. The maximum atomic E-state index is 12.8. The molecular formula is C22H26N2O6. The Morgan fingerprint density at radius 2 is 1.60 bits per heavy atom. The smallest absolute Gasteiger partial charge is 0.229 e. The van der Waals surface area contributed by atoms with Crippen LogP contribution in [0, 0.1) is 12.8 Å². The summed E-state index contributed by atoms with van der Waals surface area (Å²) >= 11 is 0. The van der Waals surface area contributed by atoms with Crippen LogP contribution in [0.25, 0.3) is 0 Å². The first-order chi connectivity index (χ1) is 14.4. The SMILES string of the molecule is COc1ccc(C)cc1NC(=O)[C@H]1CC(=O)N(c2cc(OC)c(OC)c(OC)c2)C1. The molecule has 8 nitrogen and oxygen atoms in total. The van der Waals surface area contributed by atoms with E-state index in [1.165, 1.54) is 21.3 Å². The van der Waals surface area contributed by atoms with Gasteiger partial charge >= 0.3 is 0 Å². The van der Waals surface area contributed by atoms with Gasteiger partial charge < -0.3 is 29.2 Å². The van der Waals surface area contributed by atoms with E-state index in [1.54, 1.807) is 30.2 Å². The molecule has 30 heavy (non-hydrogen) atoms. The number of nitrogens with zero attached hydrogens (tertiary/aromatic N) is 1. The summed E-state index contributed by atoms with van der Waals surface area (Å²) in [5, 5.41) is 2.89. The third kappa shape index (κ3) is 4.12. The average Bonchev–Trinajstić information content (AvgIpc) is 3.14. The molecule has 0 bridgehead atoms. The standard InChI is InChI=1S/C22H26N2O6/c1-13-6-7-17(27-2)16(8-13)23-22(26)14-9-20(25)24(12-14)15-10-18(28-3)21(30-5)19(11-15)29-4/h6-8,10-11,14H,9,12H2,1-5H3,(H,23,26)/t14-/m0/s1. The number of methoxy groups -OCH3 is 4. The number of nitrogens with one attached hydrogen (secondary N) is 1. The van der Waals surface area contributed by atoms with Crippen molar-refractivity contribution in [2.75, 3.05) is 45.2 Å². The zero-order valence-electron chi connectivity index (χ0n) is 17.8. The summed E-state index contributed by atoms with van der Waals surface area (Å²) < 4.78 is 21.4. The second-order valence-corrected chi connectivity index (χ2v) is 6.98. The zero-order valence-corrected chi connectivity index (χ0v) is 17.8. The van der Waals surface area contributed by atoms with Gasteiger partial charge in [0.1, 0.15) is 5.75 Å². The number of hydrogen-bond donors (Lipinski definition) is 1. The Kier molecular flexibility index (Phi) is 6.34. The molecule has 0 aromatic heterocycles. The third-order valence-corrected chi connectivity index (χ3v) is 5.07. The largest absolute Gasteiger partial charge is 0.495 e. The highest BCUT2D eigenvalue weighted by molar-refractivity contribution is 6.04. The molecule has 0 unspecified atom stereocenters. The molecule has 0 saturated carbocycles. The number of amides is 2. The molecule has 2 aromatic rings. The topological polar surface area (TPSA) is 86.3 Å². The van der Waals surface area contributed by atoms with Crippen molar-refractivity contribution >= 4 is 23.2 Å². The monoisotopic (exact) mass is 414 g/mol. The molecule has 8 heteroatoms. The average molecular weight is 414 g/mol. The summed E-state index contributed by atoms with van der Waals surface area (Å²) in [4.78, 5) is 27.1. The van der Waals surface area contributed by atoms with E-state index in [4.69, 9.17) is 18.9 Å². The molecule has 0 radical (unpaired) electrons. The van der Waals surface area contributed by atoms with Gasteiger partial charge in [-0.15, -0.1) is 0 Å². The molecule has 160 valence electrons. The third-order valence-electron chi connectivity index (χ3n) is 5.07. The molecule has 2 aromatic carbocycles. The Morgan fingerprint density at radius 3 is 2.17 bits per heavy atom. The number of rotatable bonds is 7. The molecule has 1 aliphatic heterocycles. The van der Waals surface area contributed by atoms with Gasteiger partial charge in [0.05, 0.1) is 45.7 Å². The van der Waals surface area contributed by atoms with E-state index in [9.17, 15) is 9.59 Å². The van der Waals surface area contributed by atoms with Crippen molar-refractivity contribution in [2.24, 2.45) is 5.92 Å². The molecule has 1 fully saturated rings. The highest BCUT2D eigenvalue weighted by atomic mass is 16.5. The summed E-state index contributed by atoms with van der Waals surface area (Å²) in [6.07, 6.45) is 0.108. The molecule has 1 atom stereocenters. The second kappa shape index (κ2) is 8.94. The van der Waals surface area contributed by atoms with Crippen molar-refractivity contribution in [1.82, 2.24) is 0 Å². The normalized spacial score (nSPS) is 15.7. The highest BCUT2D eigenvalue weighted by Gasteiger charge is 2.36. The van der Waals surface area contributed by atoms with Gasteiger partial charge in [0.25, 0.3) is 0 Å². The number of hydrogen-bond acceptors (Lipinski definition) is 6. The minimum absolute atomic E-state index is 0.108. The molecule has 1 N–H and O–H groups in total. The Hall–Kier alpha value is -3.42. The molecule has 3 rings (SSSR count). The number of benzene rings is 2. The first-order valence-electron chi connectivity index (χ1n) is 9.47. The lowest BCUT2D eigenvalue weighted by Gasteiger charge is -2.20. The lowest BCUT2D eigenvalue weighted by atomic mass is 10.1. The van der Waals surface area contributed by atoms with Crippen LogP contribution in [0.3, 0.4) is 0 Å². The van der Waals surface area contributed by atoms with Gasteiger partial charge in [-0.3, -0.25) is 9.59 Å². The Balaban J connectivity index is 1.81. The maximum absolute atomic E-state index is 12.8. The minimum Gasteiger partial charge on any atom is -0.495 e. The van der Waals surface area contributed by atoms with Crippen LogP contribution in [0.1, 0.15) is 12.0 Å².